The number of ether oxygens (including phenoxy) is 4. The molecule has 3 heterocycles. The van der Waals surface area contributed by atoms with Crippen molar-refractivity contribution in [3.8, 4) is 11.5 Å². The third kappa shape index (κ3) is 3.76. The van der Waals surface area contributed by atoms with Crippen LogP contribution in [0.2, 0.25) is 0 Å². The Kier molecular flexibility index (Phi) is 7.30. The molecule has 0 bridgehead atoms. The smallest absolute Gasteiger partial charge is 0.311 e. The lowest BCUT2D eigenvalue weighted by Gasteiger charge is -2.39. The number of methoxy groups -OCH3 is 1. The van der Waals surface area contributed by atoms with Gasteiger partial charge in [-0.1, -0.05) is 22.3 Å². The molecular weight excluding hydrogens is 406 g/mol. The van der Waals surface area contributed by atoms with Crippen LogP contribution < -0.4 is 9.47 Å². The molecule has 3 atom stereocenters. The first kappa shape index (κ1) is 26.0. The van der Waals surface area contributed by atoms with Crippen LogP contribution >= 0.6 is 0 Å². The molecule has 32 heavy (non-hydrogen) atoms. The third-order valence-corrected chi connectivity index (χ3v) is 6.81. The number of rotatable bonds is 2. The van der Waals surface area contributed by atoms with E-state index in [2.05, 4.69) is 23.1 Å². The average molecular weight is 448 g/mol. The van der Waals surface area contributed by atoms with E-state index in [4.69, 9.17) is 18.9 Å². The Balaban J connectivity index is 0.00000121. The summed E-state index contributed by atoms with van der Waals surface area (Å²) in [6.45, 7) is 7.93. The normalized spacial score (nSPS) is 27.3. The summed E-state index contributed by atoms with van der Waals surface area (Å²) in [4.78, 5) is 15.4. The van der Waals surface area contributed by atoms with E-state index < -0.39 is 11.5 Å². The molecule has 1 aromatic rings. The number of esters is 1. The molecule has 6 heteroatoms. The molecular formula is C26H41NO5. The number of benzene rings is 1. The second-order valence-corrected chi connectivity index (χ2v) is 9.54. The van der Waals surface area contributed by atoms with Gasteiger partial charge in [0.15, 0.2) is 17.6 Å². The van der Waals surface area contributed by atoms with Crippen molar-refractivity contribution in [2.45, 2.75) is 79.9 Å². The first-order valence-corrected chi connectivity index (χ1v) is 10.5. The highest BCUT2D eigenvalue weighted by molar-refractivity contribution is 5.76. The molecule has 4 aliphatic rings. The van der Waals surface area contributed by atoms with Gasteiger partial charge < -0.3 is 18.9 Å². The second kappa shape index (κ2) is 8.97. The molecule has 1 aromatic carbocycles. The second-order valence-electron chi connectivity index (χ2n) is 9.54. The lowest BCUT2D eigenvalue weighted by molar-refractivity contribution is -0.159. The summed E-state index contributed by atoms with van der Waals surface area (Å²) < 4.78 is 23.3. The van der Waals surface area contributed by atoms with Crippen molar-refractivity contribution < 1.29 is 23.7 Å². The highest BCUT2D eigenvalue weighted by Crippen LogP contribution is 2.55. The minimum Gasteiger partial charge on any atom is -0.497 e. The van der Waals surface area contributed by atoms with Gasteiger partial charge in [-0.15, -0.1) is 0 Å². The number of hydrogen-bond donors (Lipinski definition) is 0. The lowest BCUT2D eigenvalue weighted by Crippen LogP contribution is -2.47. The summed E-state index contributed by atoms with van der Waals surface area (Å²) in [6.07, 6.45) is 4.89. The fourth-order valence-corrected chi connectivity index (χ4v) is 5.39. The maximum atomic E-state index is 12.9. The van der Waals surface area contributed by atoms with Crippen molar-refractivity contribution in [1.29, 1.82) is 0 Å². The van der Waals surface area contributed by atoms with Crippen LogP contribution in [0, 0.1) is 5.41 Å². The Morgan fingerprint density at radius 2 is 1.81 bits per heavy atom. The van der Waals surface area contributed by atoms with Gasteiger partial charge in [0, 0.05) is 6.54 Å². The summed E-state index contributed by atoms with van der Waals surface area (Å²) in [6, 6.07) is 4.22. The number of fused-ring (bicyclic) bond motifs is 3. The zero-order valence-corrected chi connectivity index (χ0v) is 17.6. The van der Waals surface area contributed by atoms with Gasteiger partial charge in [-0.2, -0.15) is 0 Å². The van der Waals surface area contributed by atoms with Crippen LogP contribution in [0.3, 0.4) is 0 Å². The third-order valence-electron chi connectivity index (χ3n) is 6.81. The van der Waals surface area contributed by atoms with Gasteiger partial charge in [0.05, 0.1) is 24.0 Å². The van der Waals surface area contributed by atoms with Gasteiger partial charge >= 0.3 is 5.97 Å². The molecule has 1 fully saturated rings. The fraction of sp³-hybridized carbons (Fsp3) is 0.654. The van der Waals surface area contributed by atoms with Crippen LogP contribution in [0.4, 0.5) is 0 Å². The molecule has 180 valence electrons. The molecule has 6 nitrogen and oxygen atoms in total. The molecule has 1 saturated heterocycles. The number of carbonyl (C=O) groups is 1. The predicted octanol–water partition coefficient (Wildman–Crippen LogP) is 5.30. The molecule has 0 N–H and O–H groups in total. The topological polar surface area (TPSA) is 57.2 Å². The fourth-order valence-electron chi connectivity index (χ4n) is 5.39. The summed E-state index contributed by atoms with van der Waals surface area (Å²) in [5.74, 6) is 2.11. The van der Waals surface area contributed by atoms with Crippen LogP contribution in [0.1, 0.15) is 72.9 Å². The van der Waals surface area contributed by atoms with E-state index in [0.717, 1.165) is 49.6 Å². The molecule has 5 rings (SSSR count). The van der Waals surface area contributed by atoms with Crippen LogP contribution in [-0.2, 0) is 20.7 Å². The largest absolute Gasteiger partial charge is 0.497 e. The van der Waals surface area contributed by atoms with Crippen LogP contribution in [0.15, 0.2) is 24.0 Å². The Morgan fingerprint density at radius 3 is 2.47 bits per heavy atom. The monoisotopic (exact) mass is 447 g/mol. The minimum absolute atomic E-state index is 0. The first-order chi connectivity index (χ1) is 13.8. The predicted molar refractivity (Wildman–Crippen MR) is 127 cm³/mol. The van der Waals surface area contributed by atoms with Gasteiger partial charge in [0.1, 0.15) is 5.76 Å². The quantitative estimate of drug-likeness (QED) is 0.574. The molecule has 1 unspecified atom stereocenters. The minimum atomic E-state index is -0.577. The Morgan fingerprint density at radius 1 is 1.12 bits per heavy atom. The lowest BCUT2D eigenvalue weighted by atomic mass is 9.77. The molecule has 0 amide bonds. The van der Waals surface area contributed by atoms with Crippen LogP contribution in [-0.4, -0.2) is 49.5 Å². The number of nitrogens with zero attached hydrogens (tertiary/aromatic N) is 1. The van der Waals surface area contributed by atoms with Crippen molar-refractivity contribution in [2.24, 2.45) is 5.41 Å². The van der Waals surface area contributed by atoms with Gasteiger partial charge in [-0.25, -0.2) is 0 Å². The standard InChI is InChI=1S/C23H29NO5.3CH4/c1-22(2,3)21(25)29-20-18(26-4)12-23-7-5-8-24(23)9-6-14-10-16-17(28-13-27-16)11-15(14)19(20)23;;;/h10-12,19-20H,5-9,13H2,1-4H3;3*1H4/t19-,20?,23+;;;/m1.../s1. The van der Waals surface area contributed by atoms with E-state index >= 15 is 0 Å². The van der Waals surface area contributed by atoms with E-state index in [1.807, 2.05) is 20.8 Å². The molecule has 3 aliphatic heterocycles. The summed E-state index contributed by atoms with van der Waals surface area (Å²) in [5, 5.41) is 0. The van der Waals surface area contributed by atoms with Crippen molar-refractivity contribution >= 4 is 5.97 Å². The molecule has 1 aliphatic carbocycles. The number of carbonyl (C=O) groups excluding carboxylic acids is 1. The van der Waals surface area contributed by atoms with Gasteiger partial charge in [0.25, 0.3) is 0 Å². The number of hydrogen-bond acceptors (Lipinski definition) is 6. The summed E-state index contributed by atoms with van der Waals surface area (Å²) in [5.41, 5.74) is 1.67. The average Bonchev–Trinajstić information content (AvgIpc) is 3.35. The van der Waals surface area contributed by atoms with Gasteiger partial charge in [-0.3, -0.25) is 9.69 Å². The van der Waals surface area contributed by atoms with Crippen molar-refractivity contribution in [2.75, 3.05) is 27.0 Å². The Hall–Kier alpha value is -2.21. The van der Waals surface area contributed by atoms with Gasteiger partial charge in [0.2, 0.25) is 6.79 Å². The van der Waals surface area contributed by atoms with Crippen LogP contribution in [0.25, 0.3) is 0 Å². The maximum Gasteiger partial charge on any atom is 0.311 e. The van der Waals surface area contributed by atoms with Gasteiger partial charge in [-0.05, 0) is 75.9 Å². The van der Waals surface area contributed by atoms with E-state index in [1.165, 1.54) is 11.1 Å². The zero-order valence-electron chi connectivity index (χ0n) is 17.6. The molecule has 1 spiro atoms. The zero-order chi connectivity index (χ0) is 20.4. The van der Waals surface area contributed by atoms with E-state index in [-0.39, 0.29) is 46.5 Å². The molecule has 0 saturated carbocycles. The van der Waals surface area contributed by atoms with E-state index in [0.29, 0.717) is 0 Å². The highest BCUT2D eigenvalue weighted by Gasteiger charge is 2.58. The summed E-state index contributed by atoms with van der Waals surface area (Å²) >= 11 is 0. The van der Waals surface area contributed by atoms with Crippen molar-refractivity contribution in [3.63, 3.8) is 0 Å². The van der Waals surface area contributed by atoms with E-state index in [1.54, 1.807) is 7.11 Å². The molecule has 0 aromatic heterocycles. The Labute approximate surface area is 193 Å². The highest BCUT2D eigenvalue weighted by atomic mass is 16.7. The van der Waals surface area contributed by atoms with Crippen LogP contribution in [0.5, 0.6) is 11.5 Å². The maximum absolute atomic E-state index is 12.9. The van der Waals surface area contributed by atoms with E-state index in [9.17, 15) is 4.79 Å². The molecule has 0 radical (unpaired) electrons. The summed E-state index contributed by atoms with van der Waals surface area (Å²) in [7, 11) is 1.67. The Bertz CT molecular complexity index is 887. The van der Waals surface area contributed by atoms with Crippen molar-refractivity contribution in [1.82, 2.24) is 4.90 Å². The first-order valence-electron chi connectivity index (χ1n) is 10.5. The van der Waals surface area contributed by atoms with Crippen molar-refractivity contribution in [3.05, 3.63) is 35.1 Å². The SMILES string of the molecule is C.C.C.COC1=C[C@]23CCCN2CCc2cc4c(cc2[C@@H]3C1OC(=O)C(C)(C)C)OCO4.